The Kier molecular flexibility index (Phi) is 4.67. The summed E-state index contributed by atoms with van der Waals surface area (Å²) in [5.74, 6) is 0.134. The van der Waals surface area contributed by atoms with Crippen molar-refractivity contribution >= 4 is 16.7 Å². The molecule has 2 aromatic rings. The van der Waals surface area contributed by atoms with E-state index >= 15 is 0 Å². The van der Waals surface area contributed by atoms with Gasteiger partial charge in [-0.2, -0.15) is 0 Å². The summed E-state index contributed by atoms with van der Waals surface area (Å²) in [6, 6.07) is 15.0. The van der Waals surface area contributed by atoms with E-state index in [0.29, 0.717) is 12.1 Å². The molecule has 122 valence electrons. The van der Waals surface area contributed by atoms with Crippen molar-refractivity contribution < 1.29 is 4.79 Å². The molecule has 23 heavy (non-hydrogen) atoms. The van der Waals surface area contributed by atoms with Crippen LogP contribution in [0.1, 0.15) is 36.0 Å². The number of benzene rings is 2. The van der Waals surface area contributed by atoms with Crippen LogP contribution in [0.2, 0.25) is 0 Å². The van der Waals surface area contributed by atoms with E-state index in [0.717, 1.165) is 17.4 Å². The summed E-state index contributed by atoms with van der Waals surface area (Å²) in [6.45, 7) is 0. The van der Waals surface area contributed by atoms with E-state index in [1.807, 2.05) is 42.3 Å². The van der Waals surface area contributed by atoms with Crippen molar-refractivity contribution in [2.45, 2.75) is 37.8 Å². The first kappa shape index (κ1) is 16.0. The summed E-state index contributed by atoms with van der Waals surface area (Å²) in [7, 11) is 6.21. The van der Waals surface area contributed by atoms with Gasteiger partial charge in [0.05, 0.1) is 0 Å². The maximum absolute atomic E-state index is 13.0. The molecule has 3 heteroatoms. The highest BCUT2D eigenvalue weighted by Crippen LogP contribution is 2.27. The van der Waals surface area contributed by atoms with Gasteiger partial charge in [-0.25, -0.2) is 0 Å². The summed E-state index contributed by atoms with van der Waals surface area (Å²) in [4.78, 5) is 17.2. The standard InChI is InChI=1S/C20H26N2O/c1-21(2)18-10-6-7-11-19(18)22(3)20(23)17-13-12-15-8-4-5-9-16(15)14-17/h4-5,8-9,12-14,18-19H,6-7,10-11H2,1-3H3/t18-,19-/m0/s1. The van der Waals surface area contributed by atoms with Crippen LogP contribution in [-0.4, -0.2) is 48.9 Å². The van der Waals surface area contributed by atoms with Crippen molar-refractivity contribution in [3.63, 3.8) is 0 Å². The number of rotatable bonds is 3. The molecule has 0 radical (unpaired) electrons. The van der Waals surface area contributed by atoms with E-state index in [9.17, 15) is 4.79 Å². The fraction of sp³-hybridized carbons (Fsp3) is 0.450. The minimum Gasteiger partial charge on any atom is -0.337 e. The molecule has 2 aromatic carbocycles. The van der Waals surface area contributed by atoms with Crippen LogP contribution < -0.4 is 0 Å². The Hall–Kier alpha value is -1.87. The minimum absolute atomic E-state index is 0.134. The van der Waals surface area contributed by atoms with Gasteiger partial charge >= 0.3 is 0 Å². The summed E-state index contributed by atoms with van der Waals surface area (Å²) in [6.07, 6.45) is 4.74. The third-order valence-electron chi connectivity index (χ3n) is 5.17. The van der Waals surface area contributed by atoms with Crippen LogP contribution in [0.4, 0.5) is 0 Å². The molecular formula is C20H26N2O. The minimum atomic E-state index is 0.134. The van der Waals surface area contributed by atoms with Gasteiger partial charge in [0.1, 0.15) is 0 Å². The maximum atomic E-state index is 13.0. The number of amides is 1. The number of hydrogen-bond acceptors (Lipinski definition) is 2. The molecule has 0 aromatic heterocycles. The van der Waals surface area contributed by atoms with E-state index in [1.165, 1.54) is 24.6 Å². The zero-order valence-electron chi connectivity index (χ0n) is 14.3. The Morgan fingerprint density at radius 3 is 2.26 bits per heavy atom. The molecule has 0 N–H and O–H groups in total. The molecule has 0 unspecified atom stereocenters. The first-order valence-corrected chi connectivity index (χ1v) is 8.50. The van der Waals surface area contributed by atoms with Gasteiger partial charge in [-0.3, -0.25) is 4.79 Å². The second-order valence-corrected chi connectivity index (χ2v) is 6.86. The lowest BCUT2D eigenvalue weighted by molar-refractivity contribution is 0.0545. The molecule has 0 aliphatic heterocycles. The maximum Gasteiger partial charge on any atom is 0.253 e. The van der Waals surface area contributed by atoms with E-state index in [-0.39, 0.29) is 5.91 Å². The van der Waals surface area contributed by atoms with Crippen LogP contribution in [0.15, 0.2) is 42.5 Å². The Balaban J connectivity index is 1.85. The van der Waals surface area contributed by atoms with Gasteiger partial charge in [0.15, 0.2) is 0 Å². The predicted molar refractivity (Wildman–Crippen MR) is 95.8 cm³/mol. The Bertz CT molecular complexity index is 695. The second-order valence-electron chi connectivity index (χ2n) is 6.86. The number of likely N-dealkylation sites (N-methyl/N-ethyl adjacent to an activating group) is 2. The highest BCUT2D eigenvalue weighted by atomic mass is 16.2. The summed E-state index contributed by atoms with van der Waals surface area (Å²) < 4.78 is 0. The van der Waals surface area contributed by atoms with Gasteiger partial charge in [0, 0.05) is 24.7 Å². The van der Waals surface area contributed by atoms with Crippen LogP contribution in [0.3, 0.4) is 0 Å². The van der Waals surface area contributed by atoms with E-state index < -0.39 is 0 Å². The predicted octanol–water partition coefficient (Wildman–Crippen LogP) is 3.78. The van der Waals surface area contributed by atoms with Crippen LogP contribution in [-0.2, 0) is 0 Å². The smallest absolute Gasteiger partial charge is 0.253 e. The normalized spacial score (nSPS) is 21.6. The molecular weight excluding hydrogens is 284 g/mol. The van der Waals surface area contributed by atoms with Gasteiger partial charge in [0.2, 0.25) is 0 Å². The van der Waals surface area contributed by atoms with Crippen molar-refractivity contribution in [2.24, 2.45) is 0 Å². The fourth-order valence-electron chi connectivity index (χ4n) is 3.82. The fourth-order valence-corrected chi connectivity index (χ4v) is 3.82. The molecule has 0 spiro atoms. The molecule has 0 saturated heterocycles. The summed E-state index contributed by atoms with van der Waals surface area (Å²) in [5.41, 5.74) is 0.786. The van der Waals surface area contributed by atoms with Crippen molar-refractivity contribution in [3.05, 3.63) is 48.0 Å². The third kappa shape index (κ3) is 3.25. The average Bonchev–Trinajstić information content (AvgIpc) is 2.60. The SMILES string of the molecule is CN(C)[C@H]1CCCC[C@@H]1N(C)C(=O)c1ccc2ccccc2c1. The zero-order chi connectivity index (χ0) is 16.4. The number of fused-ring (bicyclic) bond motifs is 1. The number of carbonyl (C=O) groups is 1. The molecule has 3 rings (SSSR count). The summed E-state index contributed by atoms with van der Waals surface area (Å²) >= 11 is 0. The van der Waals surface area contributed by atoms with Crippen molar-refractivity contribution in [1.29, 1.82) is 0 Å². The highest BCUT2D eigenvalue weighted by molar-refractivity contribution is 5.98. The highest BCUT2D eigenvalue weighted by Gasteiger charge is 2.32. The third-order valence-corrected chi connectivity index (χ3v) is 5.17. The number of carbonyl (C=O) groups excluding carboxylic acids is 1. The lowest BCUT2D eigenvalue weighted by atomic mass is 9.88. The average molecular weight is 310 g/mol. The van der Waals surface area contributed by atoms with E-state index in [2.05, 4.69) is 31.1 Å². The first-order chi connectivity index (χ1) is 11.1. The van der Waals surface area contributed by atoms with Gasteiger partial charge < -0.3 is 9.80 Å². The van der Waals surface area contributed by atoms with Crippen LogP contribution in [0.25, 0.3) is 10.8 Å². The second kappa shape index (κ2) is 6.71. The lowest BCUT2D eigenvalue weighted by Gasteiger charge is -2.41. The zero-order valence-corrected chi connectivity index (χ0v) is 14.3. The van der Waals surface area contributed by atoms with Crippen LogP contribution >= 0.6 is 0 Å². The van der Waals surface area contributed by atoms with Crippen molar-refractivity contribution in [2.75, 3.05) is 21.1 Å². The van der Waals surface area contributed by atoms with Gasteiger partial charge in [-0.1, -0.05) is 43.2 Å². The quantitative estimate of drug-likeness (QED) is 0.861. The monoisotopic (exact) mass is 310 g/mol. The van der Waals surface area contributed by atoms with Crippen molar-refractivity contribution in [3.8, 4) is 0 Å². The van der Waals surface area contributed by atoms with E-state index in [1.54, 1.807) is 0 Å². The van der Waals surface area contributed by atoms with Gasteiger partial charge in [0.25, 0.3) is 5.91 Å². The molecule has 0 heterocycles. The Labute approximate surface area is 138 Å². The Morgan fingerprint density at radius 2 is 1.57 bits per heavy atom. The largest absolute Gasteiger partial charge is 0.337 e. The molecule has 1 saturated carbocycles. The molecule has 1 fully saturated rings. The molecule has 0 bridgehead atoms. The van der Waals surface area contributed by atoms with E-state index in [4.69, 9.17) is 0 Å². The van der Waals surface area contributed by atoms with Crippen LogP contribution in [0.5, 0.6) is 0 Å². The molecule has 2 atom stereocenters. The molecule has 1 amide bonds. The Morgan fingerprint density at radius 1 is 0.913 bits per heavy atom. The van der Waals surface area contributed by atoms with Gasteiger partial charge in [-0.05, 0) is 49.8 Å². The number of nitrogens with zero attached hydrogens (tertiary/aromatic N) is 2. The van der Waals surface area contributed by atoms with Crippen molar-refractivity contribution in [1.82, 2.24) is 9.80 Å². The first-order valence-electron chi connectivity index (χ1n) is 8.50. The molecule has 1 aliphatic rings. The summed E-state index contributed by atoms with van der Waals surface area (Å²) in [5, 5.41) is 2.30. The number of hydrogen-bond donors (Lipinski definition) is 0. The molecule has 3 nitrogen and oxygen atoms in total. The lowest BCUT2D eigenvalue weighted by Crippen LogP contribution is -2.51. The van der Waals surface area contributed by atoms with Gasteiger partial charge in [-0.15, -0.1) is 0 Å². The van der Waals surface area contributed by atoms with Crippen LogP contribution in [0, 0.1) is 0 Å². The molecule has 1 aliphatic carbocycles. The topological polar surface area (TPSA) is 23.6 Å².